The maximum atomic E-state index is 5.08. The van der Waals surface area contributed by atoms with Crippen LogP contribution < -0.4 is 9.80 Å². The van der Waals surface area contributed by atoms with E-state index in [-0.39, 0.29) is 0 Å². The average Bonchev–Trinajstić information content (AvgIpc) is 3.84. The monoisotopic (exact) mass is 636 g/mol. The zero-order valence-electron chi connectivity index (χ0n) is 26.0. The Morgan fingerprint density at radius 2 is 0.826 bits per heavy atom. The van der Waals surface area contributed by atoms with Crippen molar-refractivity contribution in [2.24, 2.45) is 0 Å². The molecule has 46 heavy (non-hydrogen) atoms. The molecule has 7 rings (SSSR count). The van der Waals surface area contributed by atoms with Crippen LogP contribution in [0.5, 0.6) is 0 Å². The third kappa shape index (κ3) is 6.18. The molecular formula is C38H32N6S2. The average molecular weight is 637 g/mol. The Morgan fingerprint density at radius 1 is 0.413 bits per heavy atom. The zero-order valence-corrected chi connectivity index (χ0v) is 27.7. The minimum absolute atomic E-state index is 0.661. The van der Waals surface area contributed by atoms with Crippen molar-refractivity contribution in [3.63, 3.8) is 0 Å². The fourth-order valence-corrected chi connectivity index (χ4v) is 6.58. The number of rotatable bonds is 8. The molecule has 4 aromatic heterocycles. The summed E-state index contributed by atoms with van der Waals surface area (Å²) in [5.74, 6) is 1.32. The van der Waals surface area contributed by atoms with Gasteiger partial charge in [0, 0.05) is 61.8 Å². The predicted molar refractivity (Wildman–Crippen MR) is 195 cm³/mol. The van der Waals surface area contributed by atoms with Crippen LogP contribution in [0.1, 0.15) is 0 Å². The lowest BCUT2D eigenvalue weighted by Gasteiger charge is -2.14. The lowest BCUT2D eigenvalue weighted by molar-refractivity contribution is 1.13. The quantitative estimate of drug-likeness (QED) is 0.166. The van der Waals surface area contributed by atoms with Crippen molar-refractivity contribution in [1.82, 2.24) is 19.9 Å². The second-order valence-electron chi connectivity index (χ2n) is 11.3. The van der Waals surface area contributed by atoms with Gasteiger partial charge >= 0.3 is 0 Å². The number of anilines is 2. The van der Waals surface area contributed by atoms with Gasteiger partial charge in [-0.2, -0.15) is 0 Å². The first-order valence-corrected chi connectivity index (χ1v) is 16.7. The van der Waals surface area contributed by atoms with E-state index in [2.05, 4.69) is 124 Å². The minimum Gasteiger partial charge on any atom is -0.378 e. The molecular weight excluding hydrogens is 605 g/mol. The van der Waals surface area contributed by atoms with E-state index in [1.165, 1.54) is 0 Å². The molecule has 6 nitrogen and oxygen atoms in total. The van der Waals surface area contributed by atoms with Crippen molar-refractivity contribution < 1.29 is 0 Å². The highest BCUT2D eigenvalue weighted by molar-refractivity contribution is 7.13. The SMILES string of the molecule is CN(C)c1ccc(-c2cc(-c3cccs3)nc(-c3cccc(-c4nc(-c5ccc(N(C)C)cc5)cc(-c5cccs5)n4)c3)n2)cc1. The molecule has 8 heteroatoms. The molecule has 226 valence electrons. The Kier molecular flexibility index (Phi) is 8.13. The van der Waals surface area contributed by atoms with Crippen molar-refractivity contribution in [2.45, 2.75) is 0 Å². The molecule has 0 saturated carbocycles. The Labute approximate surface area is 277 Å². The molecule has 0 amide bonds. The summed E-state index contributed by atoms with van der Waals surface area (Å²) < 4.78 is 0. The summed E-state index contributed by atoms with van der Waals surface area (Å²) in [4.78, 5) is 26.6. The lowest BCUT2D eigenvalue weighted by Crippen LogP contribution is -2.08. The van der Waals surface area contributed by atoms with Gasteiger partial charge in [0.25, 0.3) is 0 Å². The summed E-state index contributed by atoms with van der Waals surface area (Å²) in [7, 11) is 8.18. The molecule has 4 heterocycles. The van der Waals surface area contributed by atoms with Crippen LogP contribution >= 0.6 is 22.7 Å². The standard InChI is InChI=1S/C38H32N6S2/c1-43(2)29-16-12-25(13-17-29)31-23-33(35-10-6-20-45-35)41-37(39-31)27-8-5-9-28(22-27)38-40-32(24-34(42-38)36-11-7-21-46-36)26-14-18-30(19-15-26)44(3)4/h5-24H,1-4H3. The maximum absolute atomic E-state index is 5.08. The summed E-state index contributed by atoms with van der Waals surface area (Å²) in [5.41, 5.74) is 9.73. The van der Waals surface area contributed by atoms with Crippen LogP contribution in [0.3, 0.4) is 0 Å². The first kappa shape index (κ1) is 29.5. The smallest absolute Gasteiger partial charge is 0.160 e. The number of nitrogens with zero attached hydrogens (tertiary/aromatic N) is 6. The largest absolute Gasteiger partial charge is 0.378 e. The number of hydrogen-bond donors (Lipinski definition) is 0. The van der Waals surface area contributed by atoms with Crippen molar-refractivity contribution in [1.29, 1.82) is 0 Å². The summed E-state index contributed by atoms with van der Waals surface area (Å²) >= 11 is 3.35. The summed E-state index contributed by atoms with van der Waals surface area (Å²) in [6.07, 6.45) is 0. The van der Waals surface area contributed by atoms with E-state index in [0.29, 0.717) is 11.6 Å². The van der Waals surface area contributed by atoms with E-state index in [4.69, 9.17) is 19.9 Å². The van der Waals surface area contributed by atoms with E-state index in [9.17, 15) is 0 Å². The van der Waals surface area contributed by atoms with Crippen LogP contribution in [0, 0.1) is 0 Å². The number of aromatic nitrogens is 4. The van der Waals surface area contributed by atoms with Crippen molar-refractivity contribution in [3.05, 3.63) is 120 Å². The fraction of sp³-hybridized carbons (Fsp3) is 0.105. The third-order valence-electron chi connectivity index (χ3n) is 7.74. The molecule has 0 fully saturated rings. The van der Waals surface area contributed by atoms with Gasteiger partial charge in [-0.25, -0.2) is 19.9 Å². The number of hydrogen-bond acceptors (Lipinski definition) is 8. The number of thiophene rings is 2. The zero-order chi connectivity index (χ0) is 31.6. The number of benzene rings is 3. The molecule has 0 saturated heterocycles. The van der Waals surface area contributed by atoms with Crippen molar-refractivity contribution in [2.75, 3.05) is 38.0 Å². The molecule has 0 radical (unpaired) electrons. The second-order valence-corrected chi connectivity index (χ2v) is 13.2. The second kappa shape index (κ2) is 12.7. The maximum Gasteiger partial charge on any atom is 0.160 e. The van der Waals surface area contributed by atoms with Gasteiger partial charge in [-0.3, -0.25) is 0 Å². The molecule has 0 unspecified atom stereocenters. The highest BCUT2D eigenvalue weighted by Gasteiger charge is 2.15. The molecule has 0 spiro atoms. The topological polar surface area (TPSA) is 58.0 Å². The Hall–Kier alpha value is -5.18. The normalized spacial score (nSPS) is 11.0. The van der Waals surface area contributed by atoms with Gasteiger partial charge in [-0.15, -0.1) is 22.7 Å². The molecule has 0 aliphatic rings. The van der Waals surface area contributed by atoms with Crippen molar-refractivity contribution in [3.8, 4) is 66.4 Å². The van der Waals surface area contributed by atoms with Crippen LogP contribution in [0.25, 0.3) is 66.4 Å². The molecule has 3 aromatic carbocycles. The van der Waals surface area contributed by atoms with Crippen LogP contribution in [-0.2, 0) is 0 Å². The summed E-state index contributed by atoms with van der Waals surface area (Å²) in [6.45, 7) is 0. The third-order valence-corrected chi connectivity index (χ3v) is 9.52. The highest BCUT2D eigenvalue weighted by Crippen LogP contribution is 2.34. The molecule has 0 atom stereocenters. The predicted octanol–water partition coefficient (Wildman–Crippen LogP) is 9.52. The van der Waals surface area contributed by atoms with Crippen LogP contribution in [-0.4, -0.2) is 48.1 Å². The van der Waals surface area contributed by atoms with Crippen molar-refractivity contribution >= 4 is 34.0 Å². The molecule has 0 aliphatic carbocycles. The highest BCUT2D eigenvalue weighted by atomic mass is 32.1. The van der Waals surface area contributed by atoms with E-state index < -0.39 is 0 Å². The lowest BCUT2D eigenvalue weighted by atomic mass is 10.1. The van der Waals surface area contributed by atoms with E-state index in [1.54, 1.807) is 22.7 Å². The van der Waals surface area contributed by atoms with Gasteiger partial charge in [0.1, 0.15) is 0 Å². The molecule has 0 bridgehead atoms. The van der Waals surface area contributed by atoms with Gasteiger partial charge in [-0.1, -0.05) is 54.6 Å². The first-order valence-electron chi connectivity index (χ1n) is 14.9. The van der Waals surface area contributed by atoms with Gasteiger partial charge in [0.2, 0.25) is 0 Å². The fourth-order valence-electron chi connectivity index (χ4n) is 5.21. The van der Waals surface area contributed by atoms with E-state index >= 15 is 0 Å². The van der Waals surface area contributed by atoms with Crippen LogP contribution in [0.4, 0.5) is 11.4 Å². The van der Waals surface area contributed by atoms with Gasteiger partial charge in [-0.05, 0) is 65.4 Å². The van der Waals surface area contributed by atoms with Gasteiger partial charge < -0.3 is 9.80 Å². The Morgan fingerprint density at radius 3 is 1.20 bits per heavy atom. The van der Waals surface area contributed by atoms with E-state index in [0.717, 1.165) is 66.2 Å². The summed E-state index contributed by atoms with van der Waals surface area (Å²) in [6, 6.07) is 37.6. The van der Waals surface area contributed by atoms with Gasteiger partial charge in [0.05, 0.1) is 32.5 Å². The Balaban J connectivity index is 1.33. The van der Waals surface area contributed by atoms with E-state index in [1.807, 2.05) is 34.3 Å². The van der Waals surface area contributed by atoms with Crippen LogP contribution in [0.2, 0.25) is 0 Å². The van der Waals surface area contributed by atoms with Gasteiger partial charge in [0.15, 0.2) is 11.6 Å². The minimum atomic E-state index is 0.661. The Bertz CT molecular complexity index is 1940. The molecule has 7 aromatic rings. The summed E-state index contributed by atoms with van der Waals surface area (Å²) in [5, 5.41) is 4.15. The molecule has 0 N–H and O–H groups in total. The van der Waals surface area contributed by atoms with Crippen LogP contribution in [0.15, 0.2) is 120 Å². The first-order chi connectivity index (χ1) is 22.4. The molecule has 0 aliphatic heterocycles.